The minimum absolute atomic E-state index is 0.598. The largest absolute Gasteiger partial charge is 0.397 e. The molecule has 100 valence electrons. The number of aromatic nitrogens is 1. The lowest BCUT2D eigenvalue weighted by molar-refractivity contribution is 0.0779. The maximum Gasteiger partial charge on any atom is 0.0574 e. The summed E-state index contributed by atoms with van der Waals surface area (Å²) in [5.41, 5.74) is 10.4. The van der Waals surface area contributed by atoms with Gasteiger partial charge in [0.15, 0.2) is 0 Å². The van der Waals surface area contributed by atoms with Gasteiger partial charge in [0.05, 0.1) is 11.2 Å². The van der Waals surface area contributed by atoms with Crippen molar-refractivity contribution in [3.05, 3.63) is 30.0 Å². The lowest BCUT2D eigenvalue weighted by Crippen LogP contribution is -2.36. The van der Waals surface area contributed by atoms with E-state index in [4.69, 9.17) is 5.73 Å². The molecule has 1 aromatic heterocycles. The van der Waals surface area contributed by atoms with Crippen LogP contribution in [0.25, 0.3) is 10.9 Å². The minimum atomic E-state index is 0.598. The van der Waals surface area contributed by atoms with Crippen LogP contribution in [-0.2, 0) is 6.54 Å². The minimum Gasteiger partial charge on any atom is -0.397 e. The molecule has 0 aliphatic heterocycles. The van der Waals surface area contributed by atoms with Crippen LogP contribution in [0.1, 0.15) is 37.7 Å². The first-order valence-corrected chi connectivity index (χ1v) is 7.54. The van der Waals surface area contributed by atoms with E-state index in [2.05, 4.69) is 35.9 Å². The van der Waals surface area contributed by atoms with Crippen LogP contribution in [0.2, 0.25) is 0 Å². The summed E-state index contributed by atoms with van der Waals surface area (Å²) in [6.07, 6.45) is 9.33. The Bertz CT molecular complexity index is 630. The Hall–Kier alpha value is -1.44. The highest BCUT2D eigenvalue weighted by molar-refractivity contribution is 5.93. The summed E-state index contributed by atoms with van der Waals surface area (Å²) >= 11 is 0. The van der Waals surface area contributed by atoms with E-state index in [1.165, 1.54) is 55.1 Å². The molecule has 2 aliphatic rings. The van der Waals surface area contributed by atoms with Crippen LogP contribution in [0, 0.1) is 18.3 Å². The quantitative estimate of drug-likeness (QED) is 0.878. The average molecular weight is 254 g/mol. The van der Waals surface area contributed by atoms with Crippen LogP contribution in [-0.4, -0.2) is 4.57 Å². The number of aryl methyl sites for hydroxylation is 1. The van der Waals surface area contributed by atoms with Crippen LogP contribution in [0.5, 0.6) is 0 Å². The van der Waals surface area contributed by atoms with Crippen molar-refractivity contribution in [1.29, 1.82) is 0 Å². The molecule has 0 unspecified atom stereocenters. The second-order valence-corrected chi connectivity index (χ2v) is 6.67. The van der Waals surface area contributed by atoms with Crippen LogP contribution < -0.4 is 5.73 Å². The van der Waals surface area contributed by atoms with E-state index in [9.17, 15) is 0 Å². The zero-order chi connectivity index (χ0) is 13.0. The number of nitrogen functional groups attached to an aromatic ring is 1. The fourth-order valence-corrected chi connectivity index (χ4v) is 4.06. The van der Waals surface area contributed by atoms with Crippen molar-refractivity contribution in [3.63, 3.8) is 0 Å². The molecule has 1 aromatic carbocycles. The van der Waals surface area contributed by atoms with Gasteiger partial charge < -0.3 is 10.3 Å². The van der Waals surface area contributed by atoms with Gasteiger partial charge in [-0.05, 0) is 49.5 Å². The molecule has 0 spiro atoms. The maximum atomic E-state index is 6.20. The van der Waals surface area contributed by atoms with Crippen molar-refractivity contribution in [2.75, 3.05) is 5.73 Å². The Balaban J connectivity index is 1.79. The third-order valence-electron chi connectivity index (χ3n) is 5.41. The number of hydrogen-bond donors (Lipinski definition) is 1. The van der Waals surface area contributed by atoms with Crippen LogP contribution >= 0.6 is 0 Å². The van der Waals surface area contributed by atoms with Crippen molar-refractivity contribution in [1.82, 2.24) is 4.57 Å². The Morgan fingerprint density at radius 1 is 1.32 bits per heavy atom. The van der Waals surface area contributed by atoms with Gasteiger partial charge in [0.25, 0.3) is 0 Å². The molecule has 1 heterocycles. The van der Waals surface area contributed by atoms with Gasteiger partial charge in [-0.1, -0.05) is 24.6 Å². The molecule has 0 bridgehead atoms. The lowest BCUT2D eigenvalue weighted by atomic mass is 9.65. The molecule has 2 aliphatic carbocycles. The number of benzene rings is 1. The molecule has 0 atom stereocenters. The third-order valence-corrected chi connectivity index (χ3v) is 5.41. The van der Waals surface area contributed by atoms with Gasteiger partial charge in [0.2, 0.25) is 0 Å². The summed E-state index contributed by atoms with van der Waals surface area (Å²) in [5, 5.41) is 1.23. The summed E-state index contributed by atoms with van der Waals surface area (Å²) in [7, 11) is 0. The van der Waals surface area contributed by atoms with Crippen molar-refractivity contribution < 1.29 is 0 Å². The topological polar surface area (TPSA) is 30.9 Å². The van der Waals surface area contributed by atoms with Gasteiger partial charge in [0, 0.05) is 18.1 Å². The van der Waals surface area contributed by atoms with Crippen molar-refractivity contribution >= 4 is 16.6 Å². The molecule has 19 heavy (non-hydrogen) atoms. The monoisotopic (exact) mass is 254 g/mol. The summed E-state index contributed by atoms with van der Waals surface area (Å²) in [4.78, 5) is 0. The van der Waals surface area contributed by atoms with Gasteiger partial charge >= 0.3 is 0 Å². The van der Waals surface area contributed by atoms with Gasteiger partial charge in [-0.15, -0.1) is 0 Å². The zero-order valence-corrected chi connectivity index (χ0v) is 11.7. The molecule has 0 amide bonds. The van der Waals surface area contributed by atoms with E-state index in [1.807, 2.05) is 0 Å². The fourth-order valence-electron chi connectivity index (χ4n) is 4.06. The van der Waals surface area contributed by atoms with Gasteiger partial charge in [-0.2, -0.15) is 0 Å². The van der Waals surface area contributed by atoms with Crippen molar-refractivity contribution in [2.24, 2.45) is 11.3 Å². The summed E-state index contributed by atoms with van der Waals surface area (Å²) in [5.74, 6) is 0.990. The molecule has 2 saturated carbocycles. The highest BCUT2D eigenvalue weighted by atomic mass is 15.0. The van der Waals surface area contributed by atoms with E-state index in [0.29, 0.717) is 5.41 Å². The standard InChI is InChI=1S/C17H22N2/c1-12-4-2-5-14-15(18)10-19(16(12)14)11-17(8-3-9-17)13-6-7-13/h2,4-5,10,13H,3,6-9,11,18H2,1H3. The molecule has 2 aromatic rings. The summed E-state index contributed by atoms with van der Waals surface area (Å²) in [6.45, 7) is 3.37. The van der Waals surface area contributed by atoms with E-state index < -0.39 is 0 Å². The number of nitrogens with two attached hydrogens (primary N) is 1. The molecule has 4 rings (SSSR count). The molecule has 2 fully saturated rings. The average Bonchev–Trinajstić information content (AvgIpc) is 3.12. The van der Waals surface area contributed by atoms with Gasteiger partial charge in [0.1, 0.15) is 0 Å². The molecule has 2 nitrogen and oxygen atoms in total. The first-order chi connectivity index (χ1) is 9.20. The predicted octanol–water partition coefficient (Wildman–Crippen LogP) is 4.11. The van der Waals surface area contributed by atoms with Crippen molar-refractivity contribution in [2.45, 2.75) is 45.6 Å². The smallest absolute Gasteiger partial charge is 0.0574 e. The second kappa shape index (κ2) is 3.78. The Labute approximate surface area is 114 Å². The number of nitrogens with zero attached hydrogens (tertiary/aromatic N) is 1. The van der Waals surface area contributed by atoms with Crippen LogP contribution in [0.15, 0.2) is 24.4 Å². The Kier molecular flexibility index (Phi) is 2.27. The van der Waals surface area contributed by atoms with Gasteiger partial charge in [-0.25, -0.2) is 0 Å². The highest BCUT2D eigenvalue weighted by Crippen LogP contribution is 2.58. The summed E-state index contributed by atoms with van der Waals surface area (Å²) in [6, 6.07) is 6.46. The number of hydrogen-bond acceptors (Lipinski definition) is 1. The zero-order valence-electron chi connectivity index (χ0n) is 11.7. The maximum absolute atomic E-state index is 6.20. The number of anilines is 1. The lowest BCUT2D eigenvalue weighted by Gasteiger charge is -2.43. The fraction of sp³-hybridized carbons (Fsp3) is 0.529. The molecule has 2 N–H and O–H groups in total. The number of fused-ring (bicyclic) bond motifs is 1. The van der Waals surface area contributed by atoms with Crippen LogP contribution in [0.3, 0.4) is 0 Å². The predicted molar refractivity (Wildman–Crippen MR) is 80.1 cm³/mol. The van der Waals surface area contributed by atoms with Crippen molar-refractivity contribution in [3.8, 4) is 0 Å². The van der Waals surface area contributed by atoms with E-state index in [1.54, 1.807) is 0 Å². The second-order valence-electron chi connectivity index (χ2n) is 6.67. The first kappa shape index (κ1) is 11.4. The summed E-state index contributed by atoms with van der Waals surface area (Å²) < 4.78 is 2.44. The van der Waals surface area contributed by atoms with E-state index in [-0.39, 0.29) is 0 Å². The van der Waals surface area contributed by atoms with Gasteiger partial charge in [-0.3, -0.25) is 0 Å². The molecule has 2 heteroatoms. The molecular weight excluding hydrogens is 232 g/mol. The number of rotatable bonds is 3. The third kappa shape index (κ3) is 1.62. The van der Waals surface area contributed by atoms with Crippen LogP contribution in [0.4, 0.5) is 5.69 Å². The molecule has 0 saturated heterocycles. The highest BCUT2D eigenvalue weighted by Gasteiger charge is 2.49. The van der Waals surface area contributed by atoms with E-state index >= 15 is 0 Å². The Morgan fingerprint density at radius 2 is 2.11 bits per heavy atom. The number of para-hydroxylation sites is 1. The first-order valence-electron chi connectivity index (χ1n) is 7.54. The SMILES string of the molecule is Cc1cccc2c(N)cn(CC3(C4CC4)CCC3)c12. The molecule has 0 radical (unpaired) electrons. The molecular formula is C17H22N2. The van der Waals surface area contributed by atoms with E-state index in [0.717, 1.165) is 11.6 Å². The Morgan fingerprint density at radius 3 is 2.74 bits per heavy atom. The normalized spacial score (nSPS) is 21.5.